The van der Waals surface area contributed by atoms with Crippen molar-refractivity contribution in [1.29, 1.82) is 0 Å². The van der Waals surface area contributed by atoms with E-state index in [9.17, 15) is 4.79 Å². The van der Waals surface area contributed by atoms with Crippen LogP contribution in [0.1, 0.15) is 6.92 Å². The molecule has 0 saturated heterocycles. The van der Waals surface area contributed by atoms with Gasteiger partial charge in [-0.3, -0.25) is 4.79 Å². The zero-order chi connectivity index (χ0) is 10.7. The van der Waals surface area contributed by atoms with Crippen molar-refractivity contribution in [3.63, 3.8) is 0 Å². The summed E-state index contributed by atoms with van der Waals surface area (Å²) in [6.07, 6.45) is 0.465. The molecule has 13 heavy (non-hydrogen) atoms. The Morgan fingerprint density at radius 3 is 1.92 bits per heavy atom. The van der Waals surface area contributed by atoms with Crippen molar-refractivity contribution in [3.8, 4) is 0 Å². The quantitative estimate of drug-likeness (QED) is 0.538. The molecule has 0 unspecified atom stereocenters. The molecule has 0 saturated carbocycles. The molecule has 0 N–H and O–H groups in total. The van der Waals surface area contributed by atoms with Crippen LogP contribution in [0.4, 0.5) is 0 Å². The van der Waals surface area contributed by atoms with Crippen LogP contribution in [0.3, 0.4) is 0 Å². The molecule has 3 nitrogen and oxygen atoms in total. The molecule has 0 aliphatic heterocycles. The van der Waals surface area contributed by atoms with E-state index in [1.54, 1.807) is 0 Å². The van der Waals surface area contributed by atoms with Gasteiger partial charge < -0.3 is 8.85 Å². The van der Waals surface area contributed by atoms with Gasteiger partial charge in [0.15, 0.2) is 8.32 Å². The summed E-state index contributed by atoms with van der Waals surface area (Å²) in [5, 5.41) is 0. The fourth-order valence-corrected chi connectivity index (χ4v) is 8.55. The van der Waals surface area contributed by atoms with E-state index in [0.29, 0.717) is 6.23 Å². The average Bonchev–Trinajstić information content (AvgIpc) is 1.78. The van der Waals surface area contributed by atoms with Gasteiger partial charge in [-0.15, -0.1) is 0 Å². The third-order valence-corrected chi connectivity index (χ3v) is 6.70. The molecule has 0 aromatic heterocycles. The number of rotatable bonds is 4. The van der Waals surface area contributed by atoms with Crippen molar-refractivity contribution in [1.82, 2.24) is 0 Å². The molecular formula is C8H20O3Si2. The van der Waals surface area contributed by atoms with Crippen molar-refractivity contribution in [3.05, 3.63) is 0 Å². The maximum Gasteiger partial charge on any atom is 0.302 e. The van der Waals surface area contributed by atoms with Gasteiger partial charge in [-0.1, -0.05) is 0 Å². The lowest BCUT2D eigenvalue weighted by atomic mass is 10.8. The second-order valence-corrected chi connectivity index (χ2v) is 13.6. The summed E-state index contributed by atoms with van der Waals surface area (Å²) in [6.45, 7) is 12.0. The van der Waals surface area contributed by atoms with E-state index >= 15 is 0 Å². The number of carbonyl (C=O) groups excluding carboxylic acids is 1. The number of hydrogen-bond donors (Lipinski definition) is 0. The van der Waals surface area contributed by atoms with Gasteiger partial charge in [-0.2, -0.15) is 0 Å². The number of hydrogen-bond acceptors (Lipinski definition) is 3. The molecule has 0 bridgehead atoms. The smallest absolute Gasteiger partial charge is 0.302 e. The fraction of sp³-hybridized carbons (Fsp3) is 0.875. The third-order valence-electron chi connectivity index (χ3n) is 1.21. The minimum atomic E-state index is -1.78. The minimum absolute atomic E-state index is 0.222. The van der Waals surface area contributed by atoms with Crippen LogP contribution in [0.15, 0.2) is 0 Å². The van der Waals surface area contributed by atoms with Crippen LogP contribution >= 0.6 is 0 Å². The van der Waals surface area contributed by atoms with Crippen molar-refractivity contribution in [2.75, 3.05) is 6.23 Å². The van der Waals surface area contributed by atoms with Gasteiger partial charge in [0.1, 0.15) is 6.23 Å². The van der Waals surface area contributed by atoms with Crippen LogP contribution in [0, 0.1) is 0 Å². The standard InChI is InChI=1S/C8H20O3Si2/c1-8(9)10-7-13(5,6)11-12(2,3)4/h7H2,1-6H3. The van der Waals surface area contributed by atoms with Gasteiger partial charge in [0.25, 0.3) is 0 Å². The SMILES string of the molecule is CC(=O)OC[Si](C)(C)O[Si](C)(C)C. The molecule has 0 aliphatic carbocycles. The molecule has 0 spiro atoms. The molecule has 5 heteroatoms. The van der Waals surface area contributed by atoms with Crippen LogP contribution in [-0.4, -0.2) is 28.8 Å². The van der Waals surface area contributed by atoms with Crippen molar-refractivity contribution >= 4 is 22.6 Å². The first-order valence-electron chi connectivity index (χ1n) is 4.46. The lowest BCUT2D eigenvalue weighted by Gasteiger charge is -2.30. The van der Waals surface area contributed by atoms with Crippen LogP contribution in [0.5, 0.6) is 0 Å². The number of esters is 1. The Hall–Kier alpha value is -0.136. The molecule has 0 aliphatic rings. The highest BCUT2D eigenvalue weighted by molar-refractivity contribution is 6.84. The predicted molar refractivity (Wildman–Crippen MR) is 58.5 cm³/mol. The Labute approximate surface area is 82.7 Å². The lowest BCUT2D eigenvalue weighted by molar-refractivity contribution is -0.139. The molecule has 78 valence electrons. The second-order valence-electron chi connectivity index (χ2n) is 4.75. The monoisotopic (exact) mass is 220 g/mol. The molecular weight excluding hydrogens is 200 g/mol. The van der Waals surface area contributed by atoms with Gasteiger partial charge in [0, 0.05) is 6.92 Å². The Kier molecular flexibility index (Phi) is 4.34. The van der Waals surface area contributed by atoms with Gasteiger partial charge in [-0.05, 0) is 32.7 Å². The molecule has 0 radical (unpaired) electrons. The fourth-order valence-electron chi connectivity index (χ4n) is 1.13. The first-order chi connectivity index (χ1) is 5.62. The maximum absolute atomic E-state index is 10.6. The van der Waals surface area contributed by atoms with E-state index < -0.39 is 16.6 Å². The average molecular weight is 220 g/mol. The molecule has 0 atom stereocenters. The highest BCUT2D eigenvalue weighted by atomic mass is 28.4. The molecule has 0 aromatic rings. The normalized spacial score (nSPS) is 12.8. The van der Waals surface area contributed by atoms with E-state index in [1.807, 2.05) is 0 Å². The van der Waals surface area contributed by atoms with E-state index in [0.717, 1.165) is 0 Å². The molecule has 0 aromatic carbocycles. The third kappa shape index (κ3) is 8.20. The summed E-state index contributed by atoms with van der Waals surface area (Å²) in [5.74, 6) is -0.222. The van der Waals surface area contributed by atoms with E-state index in [4.69, 9.17) is 8.85 Å². The van der Waals surface area contributed by atoms with E-state index in [-0.39, 0.29) is 5.97 Å². The first kappa shape index (κ1) is 12.9. The van der Waals surface area contributed by atoms with Gasteiger partial charge in [-0.25, -0.2) is 0 Å². The second kappa shape index (κ2) is 4.39. The number of ether oxygens (including phenoxy) is 1. The largest absolute Gasteiger partial charge is 0.467 e. The molecule has 0 rings (SSSR count). The molecule has 0 heterocycles. The minimum Gasteiger partial charge on any atom is -0.467 e. The summed E-state index contributed by atoms with van der Waals surface area (Å²) < 4.78 is 10.9. The highest BCUT2D eigenvalue weighted by Crippen LogP contribution is 2.14. The molecule has 0 fully saturated rings. The van der Waals surface area contributed by atoms with E-state index in [1.165, 1.54) is 6.92 Å². The summed E-state index contributed by atoms with van der Waals surface area (Å²) in [5.41, 5.74) is 0. The number of carbonyl (C=O) groups is 1. The Morgan fingerprint density at radius 2 is 1.62 bits per heavy atom. The molecule has 0 amide bonds. The Balaban J connectivity index is 4.01. The van der Waals surface area contributed by atoms with Crippen LogP contribution in [0.2, 0.25) is 32.7 Å². The van der Waals surface area contributed by atoms with Crippen LogP contribution in [0.25, 0.3) is 0 Å². The predicted octanol–water partition coefficient (Wildman–Crippen LogP) is 2.15. The van der Waals surface area contributed by atoms with Crippen LogP contribution in [-0.2, 0) is 13.6 Å². The van der Waals surface area contributed by atoms with Gasteiger partial charge >= 0.3 is 5.97 Å². The summed E-state index contributed by atoms with van der Waals surface area (Å²) >= 11 is 0. The van der Waals surface area contributed by atoms with Crippen molar-refractivity contribution < 1.29 is 13.6 Å². The summed E-state index contributed by atoms with van der Waals surface area (Å²) in [7, 11) is -3.28. The first-order valence-corrected chi connectivity index (χ1v) is 11.0. The van der Waals surface area contributed by atoms with Crippen LogP contribution < -0.4 is 0 Å². The zero-order valence-electron chi connectivity index (χ0n) is 9.43. The topological polar surface area (TPSA) is 35.5 Å². The Morgan fingerprint density at radius 1 is 1.15 bits per heavy atom. The zero-order valence-corrected chi connectivity index (χ0v) is 11.4. The van der Waals surface area contributed by atoms with E-state index in [2.05, 4.69) is 32.7 Å². The van der Waals surface area contributed by atoms with Gasteiger partial charge in [0.2, 0.25) is 8.32 Å². The lowest BCUT2D eigenvalue weighted by Crippen LogP contribution is -2.46. The highest BCUT2D eigenvalue weighted by Gasteiger charge is 2.30. The Bertz CT molecular complexity index is 184. The maximum atomic E-state index is 10.6. The van der Waals surface area contributed by atoms with Crippen molar-refractivity contribution in [2.24, 2.45) is 0 Å². The summed E-state index contributed by atoms with van der Waals surface area (Å²) in [4.78, 5) is 10.6. The van der Waals surface area contributed by atoms with Gasteiger partial charge in [0.05, 0.1) is 0 Å². The summed E-state index contributed by atoms with van der Waals surface area (Å²) in [6, 6.07) is 0. The van der Waals surface area contributed by atoms with Crippen molar-refractivity contribution in [2.45, 2.75) is 39.7 Å².